The molecule has 1 heterocycles. The van der Waals surface area contributed by atoms with Crippen LogP contribution in [0.5, 0.6) is 0 Å². The van der Waals surface area contributed by atoms with E-state index in [2.05, 4.69) is 39.8 Å². The Labute approximate surface area is 110 Å². The first kappa shape index (κ1) is 13.6. The van der Waals surface area contributed by atoms with Gasteiger partial charge in [-0.15, -0.1) is 0 Å². The Morgan fingerprint density at radius 1 is 1.22 bits per heavy atom. The SMILES string of the molecule is CCC(CO)C1(c2ccc(C)c(C)c2C)COC1. The smallest absolute Gasteiger partial charge is 0.0589 e. The van der Waals surface area contributed by atoms with Gasteiger partial charge in [-0.2, -0.15) is 0 Å². The van der Waals surface area contributed by atoms with Gasteiger partial charge in [-0.25, -0.2) is 0 Å². The van der Waals surface area contributed by atoms with Gasteiger partial charge in [0.1, 0.15) is 0 Å². The minimum absolute atomic E-state index is 0.0338. The molecule has 0 bridgehead atoms. The highest BCUT2D eigenvalue weighted by Gasteiger charge is 2.46. The van der Waals surface area contributed by atoms with Gasteiger partial charge in [0.05, 0.1) is 13.2 Å². The molecule has 2 nitrogen and oxygen atoms in total. The Hall–Kier alpha value is -0.860. The van der Waals surface area contributed by atoms with Crippen molar-refractivity contribution in [1.29, 1.82) is 0 Å². The first-order valence-electron chi connectivity index (χ1n) is 6.82. The summed E-state index contributed by atoms with van der Waals surface area (Å²) in [4.78, 5) is 0. The Morgan fingerprint density at radius 3 is 2.33 bits per heavy atom. The molecule has 0 aromatic heterocycles. The molecule has 0 aliphatic carbocycles. The second-order valence-electron chi connectivity index (χ2n) is 5.62. The van der Waals surface area contributed by atoms with Crippen LogP contribution in [0.1, 0.15) is 35.6 Å². The highest BCUT2D eigenvalue weighted by atomic mass is 16.5. The number of hydrogen-bond acceptors (Lipinski definition) is 2. The second kappa shape index (κ2) is 5.02. The number of hydrogen-bond donors (Lipinski definition) is 1. The third-order valence-electron chi connectivity index (χ3n) is 4.81. The van der Waals surface area contributed by atoms with Crippen molar-refractivity contribution in [3.8, 4) is 0 Å². The molecule has 0 saturated carbocycles. The molecule has 0 radical (unpaired) electrons. The summed E-state index contributed by atoms with van der Waals surface area (Å²) in [5.41, 5.74) is 5.48. The Kier molecular flexibility index (Phi) is 3.79. The van der Waals surface area contributed by atoms with Crippen LogP contribution >= 0.6 is 0 Å². The fourth-order valence-electron chi connectivity index (χ4n) is 3.12. The van der Waals surface area contributed by atoms with Crippen LogP contribution in [0, 0.1) is 26.7 Å². The van der Waals surface area contributed by atoms with Crippen LogP contribution in [-0.4, -0.2) is 24.9 Å². The summed E-state index contributed by atoms with van der Waals surface area (Å²) in [6.45, 7) is 10.4. The Bertz CT molecular complexity index is 429. The van der Waals surface area contributed by atoms with Gasteiger partial charge in [-0.1, -0.05) is 25.5 Å². The van der Waals surface area contributed by atoms with Crippen LogP contribution < -0.4 is 0 Å². The van der Waals surface area contributed by atoms with Crippen LogP contribution in [0.4, 0.5) is 0 Å². The van der Waals surface area contributed by atoms with Gasteiger partial charge in [0, 0.05) is 12.0 Å². The number of rotatable bonds is 4. The summed E-state index contributed by atoms with van der Waals surface area (Å²) in [5, 5.41) is 9.65. The van der Waals surface area contributed by atoms with Crippen molar-refractivity contribution in [1.82, 2.24) is 0 Å². The van der Waals surface area contributed by atoms with E-state index < -0.39 is 0 Å². The zero-order valence-electron chi connectivity index (χ0n) is 11.9. The van der Waals surface area contributed by atoms with Crippen molar-refractivity contribution in [3.05, 3.63) is 34.4 Å². The number of aliphatic hydroxyl groups is 1. The predicted molar refractivity (Wildman–Crippen MR) is 74.0 cm³/mol. The molecule has 0 spiro atoms. The molecule has 1 fully saturated rings. The summed E-state index contributed by atoms with van der Waals surface area (Å²) in [6, 6.07) is 4.43. The summed E-state index contributed by atoms with van der Waals surface area (Å²) < 4.78 is 5.49. The average molecular weight is 248 g/mol. The van der Waals surface area contributed by atoms with E-state index in [0.29, 0.717) is 5.92 Å². The Morgan fingerprint density at radius 2 is 1.89 bits per heavy atom. The molecule has 1 aliphatic rings. The molecule has 1 unspecified atom stereocenters. The molecule has 18 heavy (non-hydrogen) atoms. The predicted octanol–water partition coefficient (Wildman–Crippen LogP) is 2.90. The third kappa shape index (κ3) is 1.88. The normalized spacial score (nSPS) is 19.4. The summed E-state index contributed by atoms with van der Waals surface area (Å²) in [7, 11) is 0. The van der Waals surface area contributed by atoms with Crippen molar-refractivity contribution >= 4 is 0 Å². The van der Waals surface area contributed by atoms with Crippen molar-refractivity contribution in [3.63, 3.8) is 0 Å². The summed E-state index contributed by atoms with van der Waals surface area (Å²) in [6.07, 6.45) is 0.992. The number of benzene rings is 1. The van der Waals surface area contributed by atoms with Gasteiger partial charge >= 0.3 is 0 Å². The van der Waals surface area contributed by atoms with E-state index in [-0.39, 0.29) is 12.0 Å². The van der Waals surface area contributed by atoms with E-state index >= 15 is 0 Å². The lowest BCUT2D eigenvalue weighted by Gasteiger charge is -2.48. The van der Waals surface area contributed by atoms with E-state index in [1.807, 2.05) is 0 Å². The standard InChI is InChI=1S/C16H24O2/c1-5-14(8-17)16(9-18-10-16)15-7-6-11(2)12(3)13(15)4/h6-7,14,17H,5,8-10H2,1-4H3. The van der Waals surface area contributed by atoms with Gasteiger partial charge in [-0.3, -0.25) is 0 Å². The molecule has 1 aromatic rings. The van der Waals surface area contributed by atoms with Gasteiger partial charge < -0.3 is 9.84 Å². The Balaban J connectivity index is 2.48. The monoisotopic (exact) mass is 248 g/mol. The average Bonchev–Trinajstić information content (AvgIpc) is 2.32. The zero-order chi connectivity index (χ0) is 13.3. The van der Waals surface area contributed by atoms with Crippen LogP contribution in [0.2, 0.25) is 0 Å². The van der Waals surface area contributed by atoms with Crippen LogP contribution in [-0.2, 0) is 10.2 Å². The molecule has 1 aromatic carbocycles. The molecule has 100 valence electrons. The van der Waals surface area contributed by atoms with E-state index in [9.17, 15) is 5.11 Å². The van der Waals surface area contributed by atoms with E-state index in [0.717, 1.165) is 19.6 Å². The number of aryl methyl sites for hydroxylation is 1. The summed E-state index contributed by atoms with van der Waals surface area (Å²) in [5.74, 6) is 0.298. The fraction of sp³-hybridized carbons (Fsp3) is 0.625. The van der Waals surface area contributed by atoms with E-state index in [1.54, 1.807) is 0 Å². The maximum atomic E-state index is 9.65. The lowest BCUT2D eigenvalue weighted by molar-refractivity contribution is -0.101. The minimum Gasteiger partial charge on any atom is -0.396 e. The number of ether oxygens (including phenoxy) is 1. The summed E-state index contributed by atoms with van der Waals surface area (Å²) >= 11 is 0. The van der Waals surface area contributed by atoms with Crippen molar-refractivity contribution in [2.45, 2.75) is 39.5 Å². The second-order valence-corrected chi connectivity index (χ2v) is 5.62. The molecular weight excluding hydrogens is 224 g/mol. The number of aliphatic hydroxyl groups excluding tert-OH is 1. The molecule has 1 saturated heterocycles. The highest BCUT2D eigenvalue weighted by molar-refractivity contribution is 5.44. The molecular formula is C16H24O2. The molecule has 1 N–H and O–H groups in total. The maximum Gasteiger partial charge on any atom is 0.0589 e. The van der Waals surface area contributed by atoms with Gasteiger partial charge in [0.2, 0.25) is 0 Å². The molecule has 1 atom stereocenters. The van der Waals surface area contributed by atoms with Crippen LogP contribution in [0.15, 0.2) is 12.1 Å². The molecule has 0 amide bonds. The fourth-order valence-corrected chi connectivity index (χ4v) is 3.12. The quantitative estimate of drug-likeness (QED) is 0.888. The van der Waals surface area contributed by atoms with Crippen LogP contribution in [0.25, 0.3) is 0 Å². The van der Waals surface area contributed by atoms with Gasteiger partial charge in [0.25, 0.3) is 0 Å². The molecule has 2 heteroatoms. The van der Waals surface area contributed by atoms with Gasteiger partial charge in [-0.05, 0) is 48.9 Å². The topological polar surface area (TPSA) is 29.5 Å². The van der Waals surface area contributed by atoms with E-state index in [4.69, 9.17) is 4.74 Å². The lowest BCUT2D eigenvalue weighted by atomic mass is 9.66. The first-order valence-corrected chi connectivity index (χ1v) is 6.82. The van der Waals surface area contributed by atoms with Crippen molar-refractivity contribution < 1.29 is 9.84 Å². The lowest BCUT2D eigenvalue weighted by Crippen LogP contribution is -2.53. The van der Waals surface area contributed by atoms with Gasteiger partial charge in [0.15, 0.2) is 0 Å². The highest BCUT2D eigenvalue weighted by Crippen LogP contribution is 2.43. The maximum absolute atomic E-state index is 9.65. The van der Waals surface area contributed by atoms with E-state index in [1.165, 1.54) is 22.3 Å². The first-order chi connectivity index (χ1) is 8.56. The molecule has 1 aliphatic heterocycles. The van der Waals surface area contributed by atoms with Crippen LogP contribution in [0.3, 0.4) is 0 Å². The third-order valence-corrected chi connectivity index (χ3v) is 4.81. The largest absolute Gasteiger partial charge is 0.396 e. The molecule has 2 rings (SSSR count). The van der Waals surface area contributed by atoms with Crippen molar-refractivity contribution in [2.24, 2.45) is 5.92 Å². The van der Waals surface area contributed by atoms with Crippen molar-refractivity contribution in [2.75, 3.05) is 19.8 Å². The minimum atomic E-state index is 0.0338. The zero-order valence-corrected chi connectivity index (χ0v) is 11.9.